The van der Waals surface area contributed by atoms with Crippen LogP contribution in [0.15, 0.2) is 48.5 Å². The molecule has 2 unspecified atom stereocenters. The number of para-hydroxylation sites is 1. The summed E-state index contributed by atoms with van der Waals surface area (Å²) in [7, 11) is 0. The number of benzene rings is 2. The Kier molecular flexibility index (Phi) is 5.65. The molecular formula is C23H30N2O. The number of nitrogens with one attached hydrogen (secondary N) is 1. The Balaban J connectivity index is 1.85. The molecule has 138 valence electrons. The topological polar surface area (TPSA) is 32.3 Å². The standard InChI is InChI=1S/C23H30N2O/c1-5-16(3)18-11-13-19(14-12-18)24-21-15-17(4)25(23(26)6-2)22-10-8-7-9-20(21)22/h7-14,16-17,21,24H,5-6,15H2,1-4H3/t16-,17?,21?/m1/s1. The van der Waals surface area contributed by atoms with Crippen LogP contribution >= 0.6 is 0 Å². The fourth-order valence-corrected chi connectivity index (χ4v) is 3.84. The highest BCUT2D eigenvalue weighted by molar-refractivity contribution is 5.95. The molecule has 2 aromatic carbocycles. The Morgan fingerprint density at radius 1 is 1.15 bits per heavy atom. The van der Waals surface area contributed by atoms with Crippen LogP contribution in [0.1, 0.15) is 70.0 Å². The second-order valence-electron chi connectivity index (χ2n) is 7.39. The molecule has 0 aromatic heterocycles. The van der Waals surface area contributed by atoms with Crippen molar-refractivity contribution in [3.8, 4) is 0 Å². The molecule has 0 fully saturated rings. The Hall–Kier alpha value is -2.29. The monoisotopic (exact) mass is 350 g/mol. The Morgan fingerprint density at radius 2 is 1.85 bits per heavy atom. The summed E-state index contributed by atoms with van der Waals surface area (Å²) in [5, 5.41) is 3.69. The molecule has 0 saturated heterocycles. The van der Waals surface area contributed by atoms with Crippen LogP contribution in [0.2, 0.25) is 0 Å². The molecule has 1 N–H and O–H groups in total. The van der Waals surface area contributed by atoms with E-state index in [-0.39, 0.29) is 18.0 Å². The first-order chi connectivity index (χ1) is 12.5. The summed E-state index contributed by atoms with van der Waals surface area (Å²) in [6.07, 6.45) is 2.60. The van der Waals surface area contributed by atoms with Gasteiger partial charge in [-0.25, -0.2) is 0 Å². The van der Waals surface area contributed by atoms with Gasteiger partial charge in [-0.2, -0.15) is 0 Å². The molecule has 0 spiro atoms. The second kappa shape index (κ2) is 7.94. The number of anilines is 2. The highest BCUT2D eigenvalue weighted by Gasteiger charge is 2.32. The van der Waals surface area contributed by atoms with E-state index in [1.807, 2.05) is 17.9 Å². The van der Waals surface area contributed by atoms with Gasteiger partial charge in [-0.05, 0) is 55.0 Å². The van der Waals surface area contributed by atoms with Crippen molar-refractivity contribution in [1.29, 1.82) is 0 Å². The van der Waals surface area contributed by atoms with Gasteiger partial charge in [-0.15, -0.1) is 0 Å². The van der Waals surface area contributed by atoms with Crippen LogP contribution in [-0.4, -0.2) is 11.9 Å². The van der Waals surface area contributed by atoms with Gasteiger partial charge in [0.25, 0.3) is 0 Å². The summed E-state index contributed by atoms with van der Waals surface area (Å²) in [6, 6.07) is 17.5. The van der Waals surface area contributed by atoms with E-state index in [1.165, 1.54) is 11.1 Å². The zero-order valence-corrected chi connectivity index (χ0v) is 16.3. The first kappa shape index (κ1) is 18.5. The lowest BCUT2D eigenvalue weighted by Gasteiger charge is -2.40. The maximum atomic E-state index is 12.4. The van der Waals surface area contributed by atoms with Gasteiger partial charge in [0.15, 0.2) is 0 Å². The molecule has 3 heteroatoms. The number of rotatable bonds is 5. The van der Waals surface area contributed by atoms with Crippen molar-refractivity contribution in [2.24, 2.45) is 0 Å². The lowest BCUT2D eigenvalue weighted by atomic mass is 9.91. The SMILES string of the molecule is CCC(=O)N1c2ccccc2C(Nc2ccc([C@H](C)CC)cc2)CC1C. The van der Waals surface area contributed by atoms with Gasteiger partial charge in [-0.1, -0.05) is 51.1 Å². The number of fused-ring (bicyclic) bond motifs is 1. The molecule has 1 aliphatic rings. The third-order valence-corrected chi connectivity index (χ3v) is 5.59. The fourth-order valence-electron chi connectivity index (χ4n) is 3.84. The van der Waals surface area contributed by atoms with E-state index < -0.39 is 0 Å². The van der Waals surface area contributed by atoms with Crippen LogP contribution in [0.4, 0.5) is 11.4 Å². The Labute approximate surface area is 157 Å². The average molecular weight is 351 g/mol. The molecule has 1 aliphatic heterocycles. The largest absolute Gasteiger partial charge is 0.378 e. The van der Waals surface area contributed by atoms with Crippen molar-refractivity contribution in [2.75, 3.05) is 10.2 Å². The summed E-state index contributed by atoms with van der Waals surface area (Å²) in [5.41, 5.74) is 4.78. The van der Waals surface area contributed by atoms with Crippen LogP contribution in [0.25, 0.3) is 0 Å². The van der Waals surface area contributed by atoms with E-state index in [1.54, 1.807) is 0 Å². The Bertz CT molecular complexity index is 753. The van der Waals surface area contributed by atoms with Crippen molar-refractivity contribution in [1.82, 2.24) is 0 Å². The zero-order valence-electron chi connectivity index (χ0n) is 16.3. The number of nitrogens with zero attached hydrogens (tertiary/aromatic N) is 1. The number of hydrogen-bond donors (Lipinski definition) is 1. The normalized spacial score (nSPS) is 20.4. The van der Waals surface area contributed by atoms with Gasteiger partial charge in [0.05, 0.1) is 6.04 Å². The lowest BCUT2D eigenvalue weighted by molar-refractivity contribution is -0.118. The zero-order chi connectivity index (χ0) is 18.7. The first-order valence-corrected chi connectivity index (χ1v) is 9.82. The summed E-state index contributed by atoms with van der Waals surface area (Å²) >= 11 is 0. The minimum Gasteiger partial charge on any atom is -0.378 e. The first-order valence-electron chi connectivity index (χ1n) is 9.82. The molecule has 1 heterocycles. The summed E-state index contributed by atoms with van der Waals surface area (Å²) in [4.78, 5) is 14.4. The van der Waals surface area contributed by atoms with Gasteiger partial charge < -0.3 is 10.2 Å². The fraction of sp³-hybridized carbons (Fsp3) is 0.435. The predicted molar refractivity (Wildman–Crippen MR) is 110 cm³/mol. The van der Waals surface area contributed by atoms with Gasteiger partial charge in [0.1, 0.15) is 0 Å². The molecule has 3 nitrogen and oxygen atoms in total. The van der Waals surface area contributed by atoms with Crippen molar-refractivity contribution >= 4 is 17.3 Å². The minimum absolute atomic E-state index is 0.189. The van der Waals surface area contributed by atoms with Gasteiger partial charge in [0.2, 0.25) is 5.91 Å². The van der Waals surface area contributed by atoms with E-state index in [0.29, 0.717) is 12.3 Å². The third-order valence-electron chi connectivity index (χ3n) is 5.59. The lowest BCUT2D eigenvalue weighted by Crippen LogP contribution is -2.44. The number of carbonyl (C=O) groups excluding carboxylic acids is 1. The smallest absolute Gasteiger partial charge is 0.226 e. The second-order valence-corrected chi connectivity index (χ2v) is 7.39. The van der Waals surface area contributed by atoms with E-state index in [9.17, 15) is 4.79 Å². The number of hydrogen-bond acceptors (Lipinski definition) is 2. The summed E-state index contributed by atoms with van der Waals surface area (Å²) < 4.78 is 0. The van der Waals surface area contributed by atoms with E-state index in [2.05, 4.69) is 68.6 Å². The highest BCUT2D eigenvalue weighted by atomic mass is 16.2. The molecular weight excluding hydrogens is 320 g/mol. The maximum absolute atomic E-state index is 12.4. The van der Waals surface area contributed by atoms with E-state index in [4.69, 9.17) is 0 Å². The highest BCUT2D eigenvalue weighted by Crippen LogP contribution is 2.39. The molecule has 2 aromatic rings. The summed E-state index contributed by atoms with van der Waals surface area (Å²) in [6.45, 7) is 8.56. The minimum atomic E-state index is 0.189. The van der Waals surface area contributed by atoms with Crippen LogP contribution in [-0.2, 0) is 4.79 Å². The quantitative estimate of drug-likeness (QED) is 0.729. The van der Waals surface area contributed by atoms with E-state index in [0.717, 1.165) is 24.2 Å². The van der Waals surface area contributed by atoms with Crippen LogP contribution < -0.4 is 10.2 Å². The maximum Gasteiger partial charge on any atom is 0.226 e. The van der Waals surface area contributed by atoms with E-state index >= 15 is 0 Å². The molecule has 0 saturated carbocycles. The number of amides is 1. The molecule has 3 rings (SSSR count). The van der Waals surface area contributed by atoms with Crippen molar-refractivity contribution in [3.63, 3.8) is 0 Å². The molecule has 0 bridgehead atoms. The van der Waals surface area contributed by atoms with Gasteiger partial charge >= 0.3 is 0 Å². The van der Waals surface area contributed by atoms with Crippen LogP contribution in [0.5, 0.6) is 0 Å². The van der Waals surface area contributed by atoms with Crippen molar-refractivity contribution in [3.05, 3.63) is 59.7 Å². The molecule has 26 heavy (non-hydrogen) atoms. The summed E-state index contributed by atoms with van der Waals surface area (Å²) in [5.74, 6) is 0.786. The average Bonchev–Trinajstić information content (AvgIpc) is 2.67. The Morgan fingerprint density at radius 3 is 2.50 bits per heavy atom. The molecule has 0 radical (unpaired) electrons. The van der Waals surface area contributed by atoms with Crippen molar-refractivity contribution < 1.29 is 4.79 Å². The molecule has 3 atom stereocenters. The predicted octanol–water partition coefficient (Wildman–Crippen LogP) is 5.89. The molecule has 1 amide bonds. The van der Waals surface area contributed by atoms with Gasteiger partial charge in [0, 0.05) is 23.8 Å². The van der Waals surface area contributed by atoms with Crippen LogP contribution in [0.3, 0.4) is 0 Å². The molecule has 0 aliphatic carbocycles. The van der Waals surface area contributed by atoms with Crippen molar-refractivity contribution in [2.45, 2.75) is 65.0 Å². The van der Waals surface area contributed by atoms with Crippen LogP contribution in [0, 0.1) is 0 Å². The van der Waals surface area contributed by atoms with Gasteiger partial charge in [-0.3, -0.25) is 4.79 Å². The third kappa shape index (κ3) is 3.62. The number of carbonyl (C=O) groups is 1.